The van der Waals surface area contributed by atoms with Crippen molar-refractivity contribution < 1.29 is 9.59 Å². The van der Waals surface area contributed by atoms with Crippen LogP contribution >= 0.6 is 15.9 Å². The van der Waals surface area contributed by atoms with Crippen molar-refractivity contribution >= 4 is 33.4 Å². The highest BCUT2D eigenvalue weighted by molar-refractivity contribution is 9.10. The van der Waals surface area contributed by atoms with E-state index in [4.69, 9.17) is 0 Å². The zero-order valence-corrected chi connectivity index (χ0v) is 12.2. The second-order valence-corrected chi connectivity index (χ2v) is 5.69. The fraction of sp³-hybridized carbons (Fsp3) is 0.429. The monoisotopic (exact) mass is 324 g/mol. The molecule has 0 spiro atoms. The largest absolute Gasteiger partial charge is 0.345 e. The van der Waals surface area contributed by atoms with Gasteiger partial charge in [0.2, 0.25) is 0 Å². The summed E-state index contributed by atoms with van der Waals surface area (Å²) < 4.78 is 0.859. The summed E-state index contributed by atoms with van der Waals surface area (Å²) in [5.74, 6) is -1.16. The van der Waals surface area contributed by atoms with Gasteiger partial charge in [0, 0.05) is 16.2 Å². The van der Waals surface area contributed by atoms with Crippen molar-refractivity contribution in [2.45, 2.75) is 38.1 Å². The van der Waals surface area contributed by atoms with E-state index < -0.39 is 11.8 Å². The highest BCUT2D eigenvalue weighted by Crippen LogP contribution is 2.18. The third-order valence-electron chi connectivity index (χ3n) is 3.23. The van der Waals surface area contributed by atoms with Gasteiger partial charge in [-0.15, -0.1) is 0 Å². The van der Waals surface area contributed by atoms with E-state index >= 15 is 0 Å². The topological polar surface area (TPSA) is 58.2 Å². The second-order valence-electron chi connectivity index (χ2n) is 4.77. The molecule has 0 radical (unpaired) electrons. The van der Waals surface area contributed by atoms with Crippen molar-refractivity contribution in [1.29, 1.82) is 0 Å². The van der Waals surface area contributed by atoms with Gasteiger partial charge in [-0.1, -0.05) is 41.3 Å². The van der Waals surface area contributed by atoms with Gasteiger partial charge in [-0.05, 0) is 31.0 Å². The van der Waals surface area contributed by atoms with Gasteiger partial charge < -0.3 is 10.6 Å². The smallest absolute Gasteiger partial charge is 0.313 e. The zero-order valence-electron chi connectivity index (χ0n) is 10.6. The Morgan fingerprint density at radius 3 is 2.53 bits per heavy atom. The molecule has 1 aromatic carbocycles. The molecule has 2 N–H and O–H groups in total. The van der Waals surface area contributed by atoms with E-state index in [0.717, 1.165) is 30.2 Å². The van der Waals surface area contributed by atoms with Gasteiger partial charge in [0.25, 0.3) is 0 Å². The first-order valence-corrected chi connectivity index (χ1v) is 7.32. The summed E-state index contributed by atoms with van der Waals surface area (Å²) in [6.45, 7) is 0. The lowest BCUT2D eigenvalue weighted by molar-refractivity contribution is -0.136. The molecule has 0 bridgehead atoms. The molecule has 1 fully saturated rings. The summed E-state index contributed by atoms with van der Waals surface area (Å²) in [5.41, 5.74) is 0.609. The van der Waals surface area contributed by atoms with E-state index in [1.54, 1.807) is 18.2 Å². The van der Waals surface area contributed by atoms with Crippen LogP contribution in [0.2, 0.25) is 0 Å². The number of rotatable bonds is 2. The first-order chi connectivity index (χ1) is 9.15. The molecule has 0 heterocycles. The van der Waals surface area contributed by atoms with Crippen LogP contribution in [0, 0.1) is 0 Å². The standard InChI is InChI=1S/C14H17BrN2O2/c15-10-5-4-8-12(9-10)17-14(19)13(18)16-11-6-2-1-3-7-11/h4-5,8-9,11H,1-3,6-7H2,(H,16,18)(H,17,19). The summed E-state index contributed by atoms with van der Waals surface area (Å²) in [6, 6.07) is 7.31. The molecule has 0 atom stereocenters. The molecular weight excluding hydrogens is 308 g/mol. The SMILES string of the molecule is O=C(Nc1cccc(Br)c1)C(=O)NC1CCCCC1. The summed E-state index contributed by atoms with van der Waals surface area (Å²) in [5, 5.41) is 5.38. The fourth-order valence-electron chi connectivity index (χ4n) is 2.25. The lowest BCUT2D eigenvalue weighted by atomic mass is 9.95. The molecule has 5 heteroatoms. The first-order valence-electron chi connectivity index (χ1n) is 6.52. The highest BCUT2D eigenvalue weighted by Gasteiger charge is 2.20. The van der Waals surface area contributed by atoms with Crippen molar-refractivity contribution in [3.63, 3.8) is 0 Å². The third-order valence-corrected chi connectivity index (χ3v) is 3.72. The van der Waals surface area contributed by atoms with Gasteiger partial charge in [-0.2, -0.15) is 0 Å². The normalized spacial score (nSPS) is 15.8. The highest BCUT2D eigenvalue weighted by atomic mass is 79.9. The van der Waals surface area contributed by atoms with E-state index in [1.165, 1.54) is 6.42 Å². The van der Waals surface area contributed by atoms with Gasteiger partial charge in [0.05, 0.1) is 0 Å². The van der Waals surface area contributed by atoms with E-state index in [0.29, 0.717) is 5.69 Å². The average Bonchev–Trinajstić information content (AvgIpc) is 2.40. The molecule has 2 rings (SSSR count). The van der Waals surface area contributed by atoms with Gasteiger partial charge in [-0.25, -0.2) is 0 Å². The van der Waals surface area contributed by atoms with Gasteiger partial charge in [-0.3, -0.25) is 9.59 Å². The van der Waals surface area contributed by atoms with Crippen LogP contribution in [-0.2, 0) is 9.59 Å². The number of hydrogen-bond donors (Lipinski definition) is 2. The fourth-order valence-corrected chi connectivity index (χ4v) is 2.65. The summed E-state index contributed by atoms with van der Waals surface area (Å²) in [7, 11) is 0. The lowest BCUT2D eigenvalue weighted by Crippen LogP contribution is -2.42. The van der Waals surface area contributed by atoms with Crippen molar-refractivity contribution in [2.24, 2.45) is 0 Å². The van der Waals surface area contributed by atoms with Gasteiger partial charge in [0.15, 0.2) is 0 Å². The maximum atomic E-state index is 11.8. The van der Waals surface area contributed by atoms with Crippen molar-refractivity contribution in [3.05, 3.63) is 28.7 Å². The summed E-state index contributed by atoms with van der Waals surface area (Å²) in [6.07, 6.45) is 5.40. The Morgan fingerprint density at radius 1 is 1.11 bits per heavy atom. The Hall–Kier alpha value is -1.36. The van der Waals surface area contributed by atoms with E-state index in [-0.39, 0.29) is 6.04 Å². The minimum atomic E-state index is -0.608. The molecule has 0 aromatic heterocycles. The van der Waals surface area contributed by atoms with Crippen LogP contribution in [0.25, 0.3) is 0 Å². The summed E-state index contributed by atoms with van der Waals surface area (Å²) >= 11 is 3.32. The van der Waals surface area contributed by atoms with Gasteiger partial charge in [0.1, 0.15) is 0 Å². The zero-order chi connectivity index (χ0) is 13.7. The van der Waals surface area contributed by atoms with Crippen LogP contribution in [0.15, 0.2) is 28.7 Å². The molecule has 1 aromatic rings. The molecule has 1 aliphatic rings. The Kier molecular flexibility index (Phi) is 4.96. The number of carbonyl (C=O) groups is 2. The van der Waals surface area contributed by atoms with E-state index in [2.05, 4.69) is 26.6 Å². The minimum Gasteiger partial charge on any atom is -0.345 e. The number of amides is 2. The Morgan fingerprint density at radius 2 is 1.84 bits per heavy atom. The lowest BCUT2D eigenvalue weighted by Gasteiger charge is -2.22. The van der Waals surface area contributed by atoms with Gasteiger partial charge >= 0.3 is 11.8 Å². The molecule has 1 saturated carbocycles. The number of halogens is 1. The molecule has 0 unspecified atom stereocenters. The minimum absolute atomic E-state index is 0.148. The Labute approximate surface area is 121 Å². The number of carbonyl (C=O) groups excluding carboxylic acids is 2. The van der Waals surface area contributed by atoms with Crippen LogP contribution in [0.5, 0.6) is 0 Å². The summed E-state index contributed by atoms with van der Waals surface area (Å²) in [4.78, 5) is 23.5. The molecular formula is C14H17BrN2O2. The molecule has 19 heavy (non-hydrogen) atoms. The predicted octanol–water partition coefficient (Wildman–Crippen LogP) is 2.84. The number of nitrogens with one attached hydrogen (secondary N) is 2. The van der Waals surface area contributed by atoms with Crippen LogP contribution in [0.1, 0.15) is 32.1 Å². The van der Waals surface area contributed by atoms with E-state index in [1.807, 2.05) is 6.07 Å². The average molecular weight is 325 g/mol. The second kappa shape index (κ2) is 6.70. The molecule has 0 saturated heterocycles. The van der Waals surface area contributed by atoms with Crippen LogP contribution in [0.3, 0.4) is 0 Å². The first kappa shape index (κ1) is 14.1. The maximum Gasteiger partial charge on any atom is 0.313 e. The van der Waals surface area contributed by atoms with Crippen molar-refractivity contribution in [2.75, 3.05) is 5.32 Å². The molecule has 0 aliphatic heterocycles. The third kappa shape index (κ3) is 4.35. The van der Waals surface area contributed by atoms with Crippen LogP contribution < -0.4 is 10.6 Å². The van der Waals surface area contributed by atoms with Crippen LogP contribution in [-0.4, -0.2) is 17.9 Å². The van der Waals surface area contributed by atoms with Crippen LogP contribution in [0.4, 0.5) is 5.69 Å². The molecule has 2 amide bonds. The molecule has 1 aliphatic carbocycles. The Balaban J connectivity index is 1.86. The predicted molar refractivity (Wildman–Crippen MR) is 77.8 cm³/mol. The quantitative estimate of drug-likeness (QED) is 0.822. The number of hydrogen-bond acceptors (Lipinski definition) is 2. The number of benzene rings is 1. The van der Waals surface area contributed by atoms with Crippen molar-refractivity contribution in [1.82, 2.24) is 5.32 Å². The number of anilines is 1. The van der Waals surface area contributed by atoms with E-state index in [9.17, 15) is 9.59 Å². The maximum absolute atomic E-state index is 11.8. The molecule has 102 valence electrons. The van der Waals surface area contributed by atoms with Crippen molar-refractivity contribution in [3.8, 4) is 0 Å². The Bertz CT molecular complexity index is 470. The molecule has 4 nitrogen and oxygen atoms in total.